The number of rotatable bonds is 11. The molecule has 2 aromatic carbocycles. The minimum Gasteiger partial charge on any atom is -0.444 e. The fourth-order valence-electron chi connectivity index (χ4n) is 5.46. The van der Waals surface area contributed by atoms with Gasteiger partial charge in [-0.15, -0.1) is 0 Å². The molecule has 266 valence electrons. The highest BCUT2D eigenvalue weighted by Crippen LogP contribution is 2.37. The maximum atomic E-state index is 15.3. The standard InChI is InChI=1S/C38H51F2N3O5Si/c1-37(2,3)48-36(45)43-23-30(46-24-29(43)25-47-49(7,8)38(4,5)6)18-19-31-33(40)21-41-22-34(31)42-35(44)20-32(26-12-10-9-11-13-26)27-14-16-28(39)17-15-27/h9-17,21-22,29-30,32H,18-20,23-25H2,1-8H3,(H,42,44)/t29-,30+,32?/m0/s1. The van der Waals surface area contributed by atoms with E-state index >= 15 is 4.39 Å². The van der Waals surface area contributed by atoms with Crippen molar-refractivity contribution in [2.75, 3.05) is 25.1 Å². The number of halogens is 2. The van der Waals surface area contributed by atoms with Gasteiger partial charge in [-0.25, -0.2) is 13.6 Å². The van der Waals surface area contributed by atoms with E-state index in [1.54, 1.807) is 17.0 Å². The van der Waals surface area contributed by atoms with Crippen molar-refractivity contribution >= 4 is 26.0 Å². The number of anilines is 1. The molecule has 8 nitrogen and oxygen atoms in total. The average Bonchev–Trinajstić information content (AvgIpc) is 3.02. The van der Waals surface area contributed by atoms with Crippen LogP contribution in [-0.4, -0.2) is 67.7 Å². The second-order valence-corrected chi connectivity index (χ2v) is 20.1. The van der Waals surface area contributed by atoms with Crippen molar-refractivity contribution in [3.63, 3.8) is 0 Å². The Balaban J connectivity index is 1.46. The van der Waals surface area contributed by atoms with Crippen LogP contribution >= 0.6 is 0 Å². The third-order valence-electron chi connectivity index (χ3n) is 9.30. The molecular weight excluding hydrogens is 645 g/mol. The van der Waals surface area contributed by atoms with E-state index in [0.717, 1.165) is 17.3 Å². The molecule has 3 aromatic rings. The molecule has 0 bridgehead atoms. The van der Waals surface area contributed by atoms with Crippen LogP contribution in [0.1, 0.15) is 77.0 Å². The van der Waals surface area contributed by atoms with Crippen molar-refractivity contribution in [1.82, 2.24) is 9.88 Å². The molecule has 11 heteroatoms. The van der Waals surface area contributed by atoms with E-state index in [1.807, 2.05) is 51.1 Å². The van der Waals surface area contributed by atoms with Crippen LogP contribution in [-0.2, 0) is 25.1 Å². The fraction of sp³-hybridized carbons (Fsp3) is 0.500. The van der Waals surface area contributed by atoms with Crippen molar-refractivity contribution in [2.24, 2.45) is 0 Å². The van der Waals surface area contributed by atoms with Crippen LogP contribution in [0.15, 0.2) is 67.0 Å². The summed E-state index contributed by atoms with van der Waals surface area (Å²) in [5.41, 5.74) is 1.59. The zero-order chi connectivity index (χ0) is 36.0. The minimum atomic E-state index is -2.09. The third-order valence-corrected chi connectivity index (χ3v) is 13.8. The molecule has 0 aliphatic carbocycles. The first-order valence-corrected chi connectivity index (χ1v) is 19.8. The first-order chi connectivity index (χ1) is 22.9. The first-order valence-electron chi connectivity index (χ1n) is 16.9. The van der Waals surface area contributed by atoms with Gasteiger partial charge in [-0.3, -0.25) is 14.7 Å². The smallest absolute Gasteiger partial charge is 0.410 e. The Morgan fingerprint density at radius 2 is 1.65 bits per heavy atom. The molecule has 0 radical (unpaired) electrons. The molecule has 49 heavy (non-hydrogen) atoms. The number of pyridine rings is 1. The molecule has 0 spiro atoms. The van der Waals surface area contributed by atoms with Crippen LogP contribution in [0.25, 0.3) is 0 Å². The van der Waals surface area contributed by atoms with Crippen LogP contribution in [0.3, 0.4) is 0 Å². The van der Waals surface area contributed by atoms with Gasteiger partial charge in [0.15, 0.2) is 8.32 Å². The Kier molecular flexibility index (Phi) is 12.4. The molecule has 1 aliphatic heterocycles. The highest BCUT2D eigenvalue weighted by Gasteiger charge is 2.40. The SMILES string of the molecule is CC(C)(C)OC(=O)N1C[C@@H](CCc2c(F)cncc2NC(=O)CC(c2ccccc2)c2ccc(F)cc2)OC[C@H]1CO[Si](C)(C)C(C)(C)C. The van der Waals surface area contributed by atoms with E-state index in [4.69, 9.17) is 13.9 Å². The molecule has 1 unspecified atom stereocenters. The number of amides is 2. The van der Waals surface area contributed by atoms with E-state index in [9.17, 15) is 14.0 Å². The van der Waals surface area contributed by atoms with Gasteiger partial charge >= 0.3 is 6.09 Å². The van der Waals surface area contributed by atoms with Crippen LogP contribution in [0.4, 0.5) is 19.3 Å². The maximum absolute atomic E-state index is 15.3. The van der Waals surface area contributed by atoms with Gasteiger partial charge in [0.1, 0.15) is 17.2 Å². The van der Waals surface area contributed by atoms with Crippen LogP contribution in [0, 0.1) is 11.6 Å². The molecule has 4 rings (SSSR count). The second-order valence-electron chi connectivity index (χ2n) is 15.3. The van der Waals surface area contributed by atoms with E-state index in [0.29, 0.717) is 18.6 Å². The first kappa shape index (κ1) is 38.1. The van der Waals surface area contributed by atoms with E-state index < -0.39 is 31.9 Å². The molecule has 2 amide bonds. The van der Waals surface area contributed by atoms with Crippen molar-refractivity contribution in [2.45, 2.75) is 103 Å². The number of nitrogens with zero attached hydrogens (tertiary/aromatic N) is 2. The number of aromatic nitrogens is 1. The predicted molar refractivity (Wildman–Crippen MR) is 190 cm³/mol. The monoisotopic (exact) mass is 695 g/mol. The maximum Gasteiger partial charge on any atom is 0.410 e. The van der Waals surface area contributed by atoms with Crippen molar-refractivity contribution in [1.29, 1.82) is 0 Å². The normalized spacial score (nSPS) is 17.8. The van der Waals surface area contributed by atoms with Gasteiger partial charge in [0.2, 0.25) is 5.91 Å². The number of ether oxygens (including phenoxy) is 2. The number of hydrogen-bond acceptors (Lipinski definition) is 6. The minimum absolute atomic E-state index is 0.00691. The van der Waals surface area contributed by atoms with Gasteiger partial charge in [0.25, 0.3) is 0 Å². The lowest BCUT2D eigenvalue weighted by molar-refractivity contribution is -0.116. The Bertz CT molecular complexity index is 1560. The number of morpholine rings is 1. The lowest BCUT2D eigenvalue weighted by Crippen LogP contribution is -2.56. The summed E-state index contributed by atoms with van der Waals surface area (Å²) < 4.78 is 47.4. The van der Waals surface area contributed by atoms with E-state index in [2.05, 4.69) is 44.2 Å². The summed E-state index contributed by atoms with van der Waals surface area (Å²) in [7, 11) is -2.09. The summed E-state index contributed by atoms with van der Waals surface area (Å²) in [6.45, 7) is 17.2. The summed E-state index contributed by atoms with van der Waals surface area (Å²) in [4.78, 5) is 32.5. The summed E-state index contributed by atoms with van der Waals surface area (Å²) in [5.74, 6) is -1.57. The summed E-state index contributed by atoms with van der Waals surface area (Å²) in [5, 5.41) is 2.88. The Morgan fingerprint density at radius 3 is 2.29 bits per heavy atom. The molecule has 0 saturated carbocycles. The number of hydrogen-bond donors (Lipinski definition) is 1. The number of carbonyl (C=O) groups excluding carboxylic acids is 2. The molecule has 3 atom stereocenters. The quantitative estimate of drug-likeness (QED) is 0.203. The molecular formula is C38H51F2N3O5Si. The van der Waals surface area contributed by atoms with Crippen LogP contribution < -0.4 is 5.32 Å². The Labute approximate surface area is 290 Å². The summed E-state index contributed by atoms with van der Waals surface area (Å²) in [6, 6.07) is 15.3. The summed E-state index contributed by atoms with van der Waals surface area (Å²) >= 11 is 0. The van der Waals surface area contributed by atoms with Gasteiger partial charge < -0.3 is 19.2 Å². The average molecular weight is 696 g/mol. The Morgan fingerprint density at radius 1 is 1.00 bits per heavy atom. The number of carbonyl (C=O) groups is 2. The molecule has 1 fully saturated rings. The van der Waals surface area contributed by atoms with Crippen molar-refractivity contribution < 1.29 is 32.3 Å². The van der Waals surface area contributed by atoms with E-state index in [-0.39, 0.29) is 60.4 Å². The highest BCUT2D eigenvalue weighted by molar-refractivity contribution is 6.74. The summed E-state index contributed by atoms with van der Waals surface area (Å²) in [6.07, 6.45) is 2.41. The zero-order valence-electron chi connectivity index (χ0n) is 30.0. The van der Waals surface area contributed by atoms with Gasteiger partial charge in [-0.2, -0.15) is 0 Å². The predicted octanol–water partition coefficient (Wildman–Crippen LogP) is 8.48. The zero-order valence-corrected chi connectivity index (χ0v) is 31.0. The van der Waals surface area contributed by atoms with Crippen molar-refractivity contribution in [3.05, 3.63) is 95.3 Å². The van der Waals surface area contributed by atoms with Crippen LogP contribution in [0.2, 0.25) is 18.1 Å². The molecule has 1 N–H and O–H groups in total. The van der Waals surface area contributed by atoms with Crippen LogP contribution in [0.5, 0.6) is 0 Å². The fourth-order valence-corrected chi connectivity index (χ4v) is 6.50. The van der Waals surface area contributed by atoms with E-state index in [1.165, 1.54) is 18.3 Å². The van der Waals surface area contributed by atoms with Gasteiger partial charge in [-0.05, 0) is 75.0 Å². The Hall–Kier alpha value is -3.67. The molecule has 1 aliphatic rings. The highest BCUT2D eigenvalue weighted by atomic mass is 28.4. The number of benzene rings is 2. The molecule has 1 aromatic heterocycles. The van der Waals surface area contributed by atoms with Gasteiger partial charge in [0, 0.05) is 17.9 Å². The molecule has 2 heterocycles. The van der Waals surface area contributed by atoms with Crippen molar-refractivity contribution in [3.8, 4) is 0 Å². The van der Waals surface area contributed by atoms with Gasteiger partial charge in [-0.1, -0.05) is 63.2 Å². The lowest BCUT2D eigenvalue weighted by Gasteiger charge is -2.43. The lowest BCUT2D eigenvalue weighted by atomic mass is 9.88. The third kappa shape index (κ3) is 10.7. The molecule has 1 saturated heterocycles. The second kappa shape index (κ2) is 15.9. The topological polar surface area (TPSA) is 90.0 Å². The largest absolute Gasteiger partial charge is 0.444 e. The van der Waals surface area contributed by atoms with Gasteiger partial charge in [0.05, 0.1) is 50.0 Å². The number of nitrogens with one attached hydrogen (secondary N) is 1.